The van der Waals surface area contributed by atoms with E-state index in [2.05, 4.69) is 4.98 Å². The molecule has 0 aliphatic carbocycles. The molecule has 6 heteroatoms. The first kappa shape index (κ1) is 15.7. The Balaban J connectivity index is 0.00000225. The van der Waals surface area contributed by atoms with Crippen molar-refractivity contribution in [3.63, 3.8) is 0 Å². The van der Waals surface area contributed by atoms with Gasteiger partial charge in [0.1, 0.15) is 0 Å². The van der Waals surface area contributed by atoms with Gasteiger partial charge in [0.2, 0.25) is 0 Å². The van der Waals surface area contributed by atoms with Crippen LogP contribution in [-0.2, 0) is 4.74 Å². The van der Waals surface area contributed by atoms with Crippen LogP contribution in [-0.4, -0.2) is 23.0 Å². The third-order valence-corrected chi connectivity index (χ3v) is 1.55. The largest absolute Gasteiger partial charge is 1.00 e. The smallest absolute Gasteiger partial charge is 0.543 e. The molecule has 0 saturated carbocycles. The summed E-state index contributed by atoms with van der Waals surface area (Å²) in [6.07, 6.45) is 0.925. The molecule has 0 saturated heterocycles. The van der Waals surface area contributed by atoms with Crippen molar-refractivity contribution in [2.45, 2.75) is 20.0 Å². The third-order valence-electron chi connectivity index (χ3n) is 1.55. The summed E-state index contributed by atoms with van der Waals surface area (Å²) in [4.78, 5) is 25.2. The molecule has 0 N–H and O–H groups in total. The van der Waals surface area contributed by atoms with E-state index in [9.17, 15) is 14.7 Å². The van der Waals surface area contributed by atoms with Crippen LogP contribution in [0.25, 0.3) is 0 Å². The van der Waals surface area contributed by atoms with Gasteiger partial charge in [0, 0.05) is 6.20 Å². The van der Waals surface area contributed by atoms with Gasteiger partial charge in [-0.05, 0) is 26.0 Å². The molecule has 1 rings (SSSR count). The van der Waals surface area contributed by atoms with Crippen LogP contribution in [0, 0.1) is 0 Å². The summed E-state index contributed by atoms with van der Waals surface area (Å²) in [5, 5.41) is 10.4. The number of esters is 1. The Hall–Kier alpha value is -0.274. The van der Waals surface area contributed by atoms with Crippen molar-refractivity contribution in [2.75, 3.05) is 0 Å². The van der Waals surface area contributed by atoms with Crippen molar-refractivity contribution in [1.82, 2.24) is 4.98 Å². The minimum Gasteiger partial charge on any atom is -0.543 e. The Bertz CT molecular complexity index is 375. The summed E-state index contributed by atoms with van der Waals surface area (Å²) in [5.41, 5.74) is 0.00444. The first-order valence-electron chi connectivity index (χ1n) is 4.39. The SMILES string of the molecule is CC(C)OC(=O)c1ccc(C(=O)[O-])nc1.[K+]. The molecule has 80 valence electrons. The molecule has 0 atom stereocenters. The monoisotopic (exact) mass is 247 g/mol. The average molecular weight is 247 g/mol. The Morgan fingerprint density at radius 1 is 1.38 bits per heavy atom. The number of aromatic carboxylic acids is 1. The van der Waals surface area contributed by atoms with E-state index in [-0.39, 0.29) is 68.7 Å². The Kier molecular flexibility index (Phi) is 7.01. The van der Waals surface area contributed by atoms with Gasteiger partial charge in [0.15, 0.2) is 0 Å². The molecule has 0 aliphatic heterocycles. The number of hydrogen-bond donors (Lipinski definition) is 0. The molecule has 5 nitrogen and oxygen atoms in total. The van der Waals surface area contributed by atoms with Gasteiger partial charge in [-0.25, -0.2) is 4.79 Å². The topological polar surface area (TPSA) is 79.3 Å². The van der Waals surface area contributed by atoms with E-state index >= 15 is 0 Å². The van der Waals surface area contributed by atoms with Gasteiger partial charge in [0.05, 0.1) is 23.3 Å². The normalized spacial score (nSPS) is 9.44. The van der Waals surface area contributed by atoms with Crippen molar-refractivity contribution in [3.05, 3.63) is 29.6 Å². The van der Waals surface area contributed by atoms with E-state index in [1.807, 2.05) is 0 Å². The van der Waals surface area contributed by atoms with Crippen LogP contribution >= 0.6 is 0 Å². The Morgan fingerprint density at radius 3 is 2.38 bits per heavy atom. The van der Waals surface area contributed by atoms with Crippen LogP contribution in [0.15, 0.2) is 18.3 Å². The molecule has 1 aromatic heterocycles. The number of aromatic nitrogens is 1. The van der Waals surface area contributed by atoms with Gasteiger partial charge in [-0.3, -0.25) is 4.98 Å². The summed E-state index contributed by atoms with van der Waals surface area (Å²) in [7, 11) is 0. The second-order valence-electron chi connectivity index (χ2n) is 3.17. The molecule has 16 heavy (non-hydrogen) atoms. The van der Waals surface area contributed by atoms with Crippen molar-refractivity contribution < 1.29 is 70.8 Å². The number of carbonyl (C=O) groups excluding carboxylic acids is 2. The zero-order valence-corrected chi connectivity index (χ0v) is 12.5. The van der Waals surface area contributed by atoms with Gasteiger partial charge in [-0.15, -0.1) is 0 Å². The van der Waals surface area contributed by atoms with Crippen molar-refractivity contribution in [2.24, 2.45) is 0 Å². The van der Waals surface area contributed by atoms with E-state index in [1.165, 1.54) is 12.1 Å². The summed E-state index contributed by atoms with van der Waals surface area (Å²) < 4.78 is 4.89. The Labute approximate surface area is 136 Å². The quantitative estimate of drug-likeness (QED) is 0.420. The molecule has 0 aliphatic rings. The first-order valence-corrected chi connectivity index (χ1v) is 4.39. The fraction of sp³-hybridized carbons (Fsp3) is 0.300. The first-order chi connectivity index (χ1) is 7.00. The third kappa shape index (κ3) is 4.71. The maximum atomic E-state index is 11.3. The van der Waals surface area contributed by atoms with Gasteiger partial charge in [-0.1, -0.05) is 0 Å². The van der Waals surface area contributed by atoms with E-state index in [0.29, 0.717) is 0 Å². The van der Waals surface area contributed by atoms with E-state index in [1.54, 1.807) is 13.8 Å². The van der Waals surface area contributed by atoms with Crippen LogP contribution in [0.4, 0.5) is 0 Å². The number of carbonyl (C=O) groups is 2. The zero-order valence-electron chi connectivity index (χ0n) is 9.39. The minimum absolute atomic E-state index is 0. The van der Waals surface area contributed by atoms with Crippen LogP contribution in [0.3, 0.4) is 0 Å². The predicted molar refractivity (Wildman–Crippen MR) is 49.1 cm³/mol. The molecular weight excluding hydrogens is 237 g/mol. The number of rotatable bonds is 3. The number of nitrogens with zero attached hydrogens (tertiary/aromatic N) is 1. The minimum atomic E-state index is -1.38. The molecular formula is C10H10KNO4. The van der Waals surface area contributed by atoms with Gasteiger partial charge in [-0.2, -0.15) is 0 Å². The molecule has 0 unspecified atom stereocenters. The van der Waals surface area contributed by atoms with E-state index < -0.39 is 11.9 Å². The number of hydrogen-bond acceptors (Lipinski definition) is 5. The summed E-state index contributed by atoms with van der Waals surface area (Å²) >= 11 is 0. The van der Waals surface area contributed by atoms with Crippen LogP contribution < -0.4 is 56.5 Å². The van der Waals surface area contributed by atoms with Crippen LogP contribution in [0.2, 0.25) is 0 Å². The second-order valence-corrected chi connectivity index (χ2v) is 3.17. The number of carboxylic acids is 1. The summed E-state index contributed by atoms with van der Waals surface area (Å²) in [5.74, 6) is -1.90. The van der Waals surface area contributed by atoms with Crippen molar-refractivity contribution in [3.8, 4) is 0 Å². The van der Waals surface area contributed by atoms with Gasteiger partial charge < -0.3 is 14.6 Å². The average Bonchev–Trinajstić information content (AvgIpc) is 2.17. The fourth-order valence-electron chi connectivity index (χ4n) is 0.917. The molecule has 0 amide bonds. The number of pyridine rings is 1. The van der Waals surface area contributed by atoms with Crippen molar-refractivity contribution >= 4 is 11.9 Å². The fourth-order valence-corrected chi connectivity index (χ4v) is 0.917. The molecule has 0 fully saturated rings. The van der Waals surface area contributed by atoms with E-state index in [4.69, 9.17) is 4.74 Å². The molecule has 0 bridgehead atoms. The maximum Gasteiger partial charge on any atom is 1.00 e. The maximum absolute atomic E-state index is 11.3. The van der Waals surface area contributed by atoms with Crippen LogP contribution in [0.1, 0.15) is 34.7 Å². The molecule has 1 heterocycles. The Morgan fingerprint density at radius 2 is 2.00 bits per heavy atom. The van der Waals surface area contributed by atoms with Crippen molar-refractivity contribution in [1.29, 1.82) is 0 Å². The number of carboxylic acid groups (broad SMARTS) is 1. The second kappa shape index (κ2) is 7.13. The van der Waals surface area contributed by atoms with Gasteiger partial charge >= 0.3 is 57.4 Å². The molecule has 1 aromatic rings. The summed E-state index contributed by atoms with van der Waals surface area (Å²) in [6.45, 7) is 3.45. The standard InChI is InChI=1S/C10H11NO4.K/c1-6(2)15-10(14)7-3-4-8(9(12)13)11-5-7;/h3-6H,1-2H3,(H,12,13);/q;+1/p-1. The van der Waals surface area contributed by atoms with E-state index in [0.717, 1.165) is 6.20 Å². The van der Waals surface area contributed by atoms with Crippen LogP contribution in [0.5, 0.6) is 0 Å². The molecule has 0 radical (unpaired) electrons. The number of ether oxygens (including phenoxy) is 1. The molecule has 0 aromatic carbocycles. The summed E-state index contributed by atoms with van der Waals surface area (Å²) in [6, 6.07) is 2.54. The zero-order chi connectivity index (χ0) is 11.4. The molecule has 0 spiro atoms. The predicted octanol–water partition coefficient (Wildman–Crippen LogP) is -2.99. The van der Waals surface area contributed by atoms with Gasteiger partial charge in [0.25, 0.3) is 0 Å².